The third kappa shape index (κ3) is 4.01. The highest BCUT2D eigenvalue weighted by Crippen LogP contribution is 2.31. The molecule has 3 nitrogen and oxygen atoms in total. The highest BCUT2D eigenvalue weighted by Gasteiger charge is 2.22. The number of hydrogen-bond donors (Lipinski definition) is 1. The van der Waals surface area contributed by atoms with Crippen molar-refractivity contribution in [2.45, 2.75) is 25.3 Å². The highest BCUT2D eigenvalue weighted by molar-refractivity contribution is 5.92. The largest absolute Gasteiger partial charge is 0.497 e. The molecule has 1 aliphatic rings. The van der Waals surface area contributed by atoms with E-state index >= 15 is 0 Å². The standard InChI is InChI=1S/C20H21NO2/c1-23-20-9-7-16(8-10-20)17-11-18(13-19(22)12-17)21-14-15-5-3-2-4-6-15/h2-10,13,17,21H,11-12,14H2,1H3/t17-/m1/s1. The predicted octanol–water partition coefficient (Wildman–Crippen LogP) is 3.82. The van der Waals surface area contributed by atoms with E-state index in [-0.39, 0.29) is 11.7 Å². The number of ether oxygens (including phenoxy) is 1. The third-order valence-corrected chi connectivity index (χ3v) is 4.20. The number of allylic oxidation sites excluding steroid dienone is 2. The number of carbonyl (C=O) groups is 1. The Morgan fingerprint density at radius 1 is 1.04 bits per heavy atom. The zero-order valence-electron chi connectivity index (χ0n) is 13.3. The van der Waals surface area contributed by atoms with Crippen LogP contribution in [0.3, 0.4) is 0 Å². The number of rotatable bonds is 5. The Bertz CT molecular complexity index is 689. The first-order chi connectivity index (χ1) is 11.2. The molecule has 3 rings (SSSR count). The summed E-state index contributed by atoms with van der Waals surface area (Å²) in [6, 6.07) is 18.2. The van der Waals surface area contributed by atoms with Crippen LogP contribution in [0.2, 0.25) is 0 Å². The topological polar surface area (TPSA) is 38.3 Å². The summed E-state index contributed by atoms with van der Waals surface area (Å²) in [7, 11) is 1.66. The van der Waals surface area contributed by atoms with Crippen LogP contribution in [0.15, 0.2) is 66.4 Å². The number of carbonyl (C=O) groups excluding carboxylic acids is 1. The zero-order valence-corrected chi connectivity index (χ0v) is 13.3. The Morgan fingerprint density at radius 2 is 1.78 bits per heavy atom. The summed E-state index contributed by atoms with van der Waals surface area (Å²) in [5.41, 5.74) is 3.42. The fraction of sp³-hybridized carbons (Fsp3) is 0.250. The zero-order chi connectivity index (χ0) is 16.1. The van der Waals surface area contributed by atoms with Crippen molar-refractivity contribution in [3.63, 3.8) is 0 Å². The van der Waals surface area contributed by atoms with Gasteiger partial charge >= 0.3 is 0 Å². The van der Waals surface area contributed by atoms with Gasteiger partial charge in [-0.15, -0.1) is 0 Å². The molecule has 1 atom stereocenters. The van der Waals surface area contributed by atoms with Crippen LogP contribution < -0.4 is 10.1 Å². The quantitative estimate of drug-likeness (QED) is 0.912. The fourth-order valence-electron chi connectivity index (χ4n) is 2.94. The lowest BCUT2D eigenvalue weighted by Crippen LogP contribution is -2.21. The average molecular weight is 307 g/mol. The first-order valence-electron chi connectivity index (χ1n) is 7.90. The molecule has 0 spiro atoms. The van der Waals surface area contributed by atoms with Crippen molar-refractivity contribution in [2.24, 2.45) is 0 Å². The van der Waals surface area contributed by atoms with Crippen LogP contribution in [0.4, 0.5) is 0 Å². The van der Waals surface area contributed by atoms with E-state index in [0.29, 0.717) is 6.42 Å². The van der Waals surface area contributed by atoms with Gasteiger partial charge in [0.25, 0.3) is 0 Å². The molecular formula is C20H21NO2. The molecule has 23 heavy (non-hydrogen) atoms. The molecule has 0 heterocycles. The Hall–Kier alpha value is -2.55. The molecule has 2 aromatic rings. The summed E-state index contributed by atoms with van der Waals surface area (Å²) in [5, 5.41) is 3.41. The van der Waals surface area contributed by atoms with Gasteiger partial charge in [0, 0.05) is 24.7 Å². The van der Waals surface area contributed by atoms with Crippen molar-refractivity contribution < 1.29 is 9.53 Å². The van der Waals surface area contributed by atoms with Gasteiger partial charge in [-0.1, -0.05) is 42.5 Å². The van der Waals surface area contributed by atoms with Crippen LogP contribution in [0.1, 0.15) is 29.9 Å². The molecule has 0 bridgehead atoms. The summed E-state index contributed by atoms with van der Waals surface area (Å²) in [5.74, 6) is 1.26. The first kappa shape index (κ1) is 15.3. The summed E-state index contributed by atoms with van der Waals surface area (Å²) in [4.78, 5) is 12.1. The summed E-state index contributed by atoms with van der Waals surface area (Å²) in [6.45, 7) is 0.745. The normalized spacial score (nSPS) is 17.5. The van der Waals surface area contributed by atoms with E-state index in [1.807, 2.05) is 30.3 Å². The number of benzene rings is 2. The van der Waals surface area contributed by atoms with Crippen molar-refractivity contribution in [1.82, 2.24) is 5.32 Å². The molecule has 2 aromatic carbocycles. The van der Waals surface area contributed by atoms with Gasteiger partial charge in [-0.25, -0.2) is 0 Å². The summed E-state index contributed by atoms with van der Waals surface area (Å²) in [6.07, 6.45) is 3.19. The number of nitrogens with one attached hydrogen (secondary N) is 1. The second kappa shape index (κ2) is 7.14. The maximum absolute atomic E-state index is 12.1. The average Bonchev–Trinajstić information content (AvgIpc) is 2.60. The Kier molecular flexibility index (Phi) is 4.77. The fourth-order valence-corrected chi connectivity index (χ4v) is 2.94. The summed E-state index contributed by atoms with van der Waals surface area (Å²) >= 11 is 0. The summed E-state index contributed by atoms with van der Waals surface area (Å²) < 4.78 is 5.20. The Labute approximate surface area is 137 Å². The van der Waals surface area contributed by atoms with E-state index in [9.17, 15) is 4.79 Å². The molecule has 0 fully saturated rings. The van der Waals surface area contributed by atoms with Crippen molar-refractivity contribution in [3.8, 4) is 5.75 Å². The molecule has 0 aliphatic heterocycles. The van der Waals surface area contributed by atoms with Crippen molar-refractivity contribution in [3.05, 3.63) is 77.5 Å². The van der Waals surface area contributed by atoms with E-state index in [2.05, 4.69) is 29.6 Å². The molecule has 0 amide bonds. The smallest absolute Gasteiger partial charge is 0.158 e. The van der Waals surface area contributed by atoms with Crippen LogP contribution in [-0.2, 0) is 11.3 Å². The minimum atomic E-state index is 0.188. The van der Waals surface area contributed by atoms with Gasteiger partial charge in [0.05, 0.1) is 7.11 Å². The highest BCUT2D eigenvalue weighted by atomic mass is 16.5. The van der Waals surface area contributed by atoms with E-state index in [1.54, 1.807) is 13.2 Å². The molecular weight excluding hydrogens is 286 g/mol. The van der Waals surface area contributed by atoms with Crippen LogP contribution in [0, 0.1) is 0 Å². The van der Waals surface area contributed by atoms with E-state index < -0.39 is 0 Å². The lowest BCUT2D eigenvalue weighted by atomic mass is 9.85. The van der Waals surface area contributed by atoms with Crippen molar-refractivity contribution >= 4 is 5.78 Å². The van der Waals surface area contributed by atoms with Crippen molar-refractivity contribution in [2.75, 3.05) is 7.11 Å². The molecule has 0 unspecified atom stereocenters. The third-order valence-electron chi connectivity index (χ3n) is 4.20. The van der Waals surface area contributed by atoms with Crippen LogP contribution in [0.25, 0.3) is 0 Å². The van der Waals surface area contributed by atoms with E-state index in [1.165, 1.54) is 11.1 Å². The maximum atomic E-state index is 12.1. The molecule has 0 saturated carbocycles. The van der Waals surface area contributed by atoms with Gasteiger partial charge in [0.15, 0.2) is 5.78 Å². The monoisotopic (exact) mass is 307 g/mol. The van der Waals surface area contributed by atoms with E-state index in [0.717, 1.165) is 24.4 Å². The maximum Gasteiger partial charge on any atom is 0.158 e. The number of hydrogen-bond acceptors (Lipinski definition) is 3. The lowest BCUT2D eigenvalue weighted by molar-refractivity contribution is -0.115. The minimum Gasteiger partial charge on any atom is -0.497 e. The first-order valence-corrected chi connectivity index (χ1v) is 7.90. The van der Waals surface area contributed by atoms with Gasteiger partial charge in [-0.05, 0) is 35.6 Å². The second-order valence-corrected chi connectivity index (χ2v) is 5.85. The number of ketones is 1. The molecule has 1 N–H and O–H groups in total. The van der Waals surface area contributed by atoms with Gasteiger partial charge in [-0.2, -0.15) is 0 Å². The lowest BCUT2D eigenvalue weighted by Gasteiger charge is -2.23. The van der Waals surface area contributed by atoms with Gasteiger partial charge in [0.2, 0.25) is 0 Å². The van der Waals surface area contributed by atoms with Crippen LogP contribution >= 0.6 is 0 Å². The van der Waals surface area contributed by atoms with E-state index in [4.69, 9.17) is 4.74 Å². The van der Waals surface area contributed by atoms with Crippen LogP contribution in [0.5, 0.6) is 5.75 Å². The molecule has 0 radical (unpaired) electrons. The molecule has 0 aromatic heterocycles. The molecule has 118 valence electrons. The van der Waals surface area contributed by atoms with Crippen LogP contribution in [-0.4, -0.2) is 12.9 Å². The van der Waals surface area contributed by atoms with Gasteiger partial charge in [0.1, 0.15) is 5.75 Å². The second-order valence-electron chi connectivity index (χ2n) is 5.85. The van der Waals surface area contributed by atoms with Crippen molar-refractivity contribution in [1.29, 1.82) is 0 Å². The van der Waals surface area contributed by atoms with Gasteiger partial charge < -0.3 is 10.1 Å². The Morgan fingerprint density at radius 3 is 2.48 bits per heavy atom. The van der Waals surface area contributed by atoms with Gasteiger partial charge in [-0.3, -0.25) is 4.79 Å². The number of methoxy groups -OCH3 is 1. The SMILES string of the molecule is COc1ccc([C@H]2CC(=O)C=C(NCc3ccccc3)C2)cc1. The molecule has 0 saturated heterocycles. The molecule has 1 aliphatic carbocycles. The Balaban J connectivity index is 1.66. The predicted molar refractivity (Wildman–Crippen MR) is 91.3 cm³/mol. The minimum absolute atomic E-state index is 0.188. The molecule has 3 heteroatoms.